The van der Waals surface area contributed by atoms with E-state index in [-0.39, 0.29) is 24.1 Å². The fourth-order valence-corrected chi connectivity index (χ4v) is 3.78. The largest absolute Gasteiger partial charge is 0.488 e. The zero-order valence-corrected chi connectivity index (χ0v) is 14.5. The van der Waals surface area contributed by atoms with E-state index in [1.54, 1.807) is 0 Å². The normalized spacial score (nSPS) is 24.1. The minimum atomic E-state index is -0.255. The first-order valence-corrected chi connectivity index (χ1v) is 9.17. The maximum Gasteiger partial charge on any atom is 0.317 e. The lowest BCUT2D eigenvalue weighted by atomic mass is 9.93. The van der Waals surface area contributed by atoms with E-state index in [1.807, 2.05) is 35.2 Å². The van der Waals surface area contributed by atoms with E-state index in [9.17, 15) is 9.59 Å². The second-order valence-corrected chi connectivity index (χ2v) is 7.06. The Hall–Kier alpha value is -2.24. The second kappa shape index (κ2) is 8.23. The van der Waals surface area contributed by atoms with Crippen LogP contribution < -0.4 is 15.8 Å². The smallest absolute Gasteiger partial charge is 0.317 e. The number of ether oxygens (including phenoxy) is 1. The number of likely N-dealkylation sites (tertiary alicyclic amines) is 1. The van der Waals surface area contributed by atoms with Gasteiger partial charge in [0.15, 0.2) is 0 Å². The zero-order valence-electron chi connectivity index (χ0n) is 14.5. The van der Waals surface area contributed by atoms with Crippen molar-refractivity contribution in [1.82, 2.24) is 10.2 Å². The summed E-state index contributed by atoms with van der Waals surface area (Å²) in [7, 11) is 0. The molecule has 2 unspecified atom stereocenters. The fourth-order valence-electron chi connectivity index (χ4n) is 3.78. The van der Waals surface area contributed by atoms with Crippen molar-refractivity contribution in [2.75, 3.05) is 13.1 Å². The van der Waals surface area contributed by atoms with Crippen LogP contribution >= 0.6 is 0 Å². The summed E-state index contributed by atoms with van der Waals surface area (Å²) in [5, 5.41) is 3.14. The predicted octanol–water partition coefficient (Wildman–Crippen LogP) is 2.28. The number of amides is 3. The van der Waals surface area contributed by atoms with Gasteiger partial charge in [-0.2, -0.15) is 0 Å². The summed E-state index contributed by atoms with van der Waals surface area (Å²) in [6.45, 7) is 1.36. The van der Waals surface area contributed by atoms with Crippen LogP contribution in [0.15, 0.2) is 30.3 Å². The van der Waals surface area contributed by atoms with Crippen molar-refractivity contribution in [2.45, 2.75) is 50.7 Å². The molecule has 3 rings (SSSR count). The fraction of sp³-hybridized carbons (Fsp3) is 0.579. The number of urea groups is 1. The van der Waals surface area contributed by atoms with E-state index in [1.165, 1.54) is 0 Å². The molecule has 2 atom stereocenters. The maximum atomic E-state index is 12.5. The number of nitrogens with zero attached hydrogens (tertiary/aromatic N) is 1. The van der Waals surface area contributed by atoms with Crippen LogP contribution in [0.3, 0.4) is 0 Å². The quantitative estimate of drug-likeness (QED) is 0.858. The van der Waals surface area contributed by atoms with Gasteiger partial charge in [-0.1, -0.05) is 18.2 Å². The van der Waals surface area contributed by atoms with Crippen molar-refractivity contribution >= 4 is 11.9 Å². The Labute approximate surface area is 148 Å². The van der Waals surface area contributed by atoms with E-state index >= 15 is 0 Å². The van der Waals surface area contributed by atoms with Crippen LogP contribution in [-0.4, -0.2) is 42.1 Å². The number of benzene rings is 1. The first-order chi connectivity index (χ1) is 12.1. The number of primary amides is 1. The zero-order chi connectivity index (χ0) is 17.6. The minimum Gasteiger partial charge on any atom is -0.488 e. The van der Waals surface area contributed by atoms with Crippen LogP contribution in [0.25, 0.3) is 0 Å². The number of nitrogens with two attached hydrogens (primary N) is 1. The van der Waals surface area contributed by atoms with Crippen molar-refractivity contribution in [2.24, 2.45) is 11.7 Å². The van der Waals surface area contributed by atoms with Gasteiger partial charge in [0.2, 0.25) is 5.91 Å². The molecule has 0 spiro atoms. The van der Waals surface area contributed by atoms with E-state index in [0.717, 1.165) is 37.9 Å². The van der Waals surface area contributed by atoms with Gasteiger partial charge in [-0.15, -0.1) is 0 Å². The van der Waals surface area contributed by atoms with Crippen molar-refractivity contribution in [3.8, 4) is 5.75 Å². The van der Waals surface area contributed by atoms with Crippen molar-refractivity contribution in [3.05, 3.63) is 30.3 Å². The number of carbonyl (C=O) groups is 2. The summed E-state index contributed by atoms with van der Waals surface area (Å²) in [6.07, 6.45) is 5.09. The third-order valence-electron chi connectivity index (χ3n) is 5.18. The Morgan fingerprint density at radius 3 is 2.52 bits per heavy atom. The van der Waals surface area contributed by atoms with Gasteiger partial charge >= 0.3 is 6.03 Å². The van der Waals surface area contributed by atoms with Gasteiger partial charge in [-0.05, 0) is 50.2 Å². The Morgan fingerprint density at radius 2 is 1.84 bits per heavy atom. The van der Waals surface area contributed by atoms with Crippen LogP contribution in [0.4, 0.5) is 4.79 Å². The summed E-state index contributed by atoms with van der Waals surface area (Å²) >= 11 is 0. The summed E-state index contributed by atoms with van der Waals surface area (Å²) in [5.74, 6) is 0.901. The van der Waals surface area contributed by atoms with E-state index in [2.05, 4.69) is 5.32 Å². The first kappa shape index (κ1) is 17.6. The molecule has 0 bridgehead atoms. The molecule has 3 N–H and O–H groups in total. The molecule has 6 nitrogen and oxygen atoms in total. The van der Waals surface area contributed by atoms with E-state index in [0.29, 0.717) is 25.4 Å². The SMILES string of the molecule is NC(=O)CC1CCN(C(=O)NC2CCCC2Oc2ccccc2)CC1. The molecule has 1 aliphatic carbocycles. The maximum absolute atomic E-state index is 12.5. The predicted molar refractivity (Wildman–Crippen MR) is 95.1 cm³/mol. The number of hydrogen-bond donors (Lipinski definition) is 2. The molecule has 0 radical (unpaired) electrons. The third kappa shape index (κ3) is 4.87. The van der Waals surface area contributed by atoms with E-state index in [4.69, 9.17) is 10.5 Å². The molecule has 0 aromatic heterocycles. The molecule has 1 aromatic rings. The Balaban J connectivity index is 1.48. The lowest BCUT2D eigenvalue weighted by Gasteiger charge is -2.33. The number of piperidine rings is 1. The highest BCUT2D eigenvalue weighted by Crippen LogP contribution is 2.25. The molecule has 136 valence electrons. The summed E-state index contributed by atoms with van der Waals surface area (Å²) in [4.78, 5) is 25.4. The molecular weight excluding hydrogens is 318 g/mol. The molecule has 25 heavy (non-hydrogen) atoms. The van der Waals surface area contributed by atoms with Gasteiger partial charge in [0, 0.05) is 19.5 Å². The Kier molecular flexibility index (Phi) is 5.79. The van der Waals surface area contributed by atoms with Crippen molar-refractivity contribution in [1.29, 1.82) is 0 Å². The molecule has 3 amide bonds. The van der Waals surface area contributed by atoms with Crippen molar-refractivity contribution in [3.63, 3.8) is 0 Å². The lowest BCUT2D eigenvalue weighted by molar-refractivity contribution is -0.119. The minimum absolute atomic E-state index is 0.0221. The number of nitrogens with one attached hydrogen (secondary N) is 1. The number of para-hydroxylation sites is 1. The number of rotatable bonds is 5. The molecule has 1 saturated heterocycles. The monoisotopic (exact) mass is 345 g/mol. The highest BCUT2D eigenvalue weighted by Gasteiger charge is 2.32. The molecule has 1 saturated carbocycles. The first-order valence-electron chi connectivity index (χ1n) is 9.17. The van der Waals surface area contributed by atoms with Crippen LogP contribution in [0.1, 0.15) is 38.5 Å². The Bertz CT molecular complexity index is 585. The third-order valence-corrected chi connectivity index (χ3v) is 5.18. The molecule has 1 heterocycles. The molecular formula is C19H27N3O3. The Morgan fingerprint density at radius 1 is 1.12 bits per heavy atom. The molecule has 1 aromatic carbocycles. The molecule has 6 heteroatoms. The van der Waals surface area contributed by atoms with Gasteiger partial charge in [-0.3, -0.25) is 4.79 Å². The summed E-state index contributed by atoms with van der Waals surface area (Å²) in [6, 6.07) is 9.79. The van der Waals surface area contributed by atoms with Gasteiger partial charge < -0.3 is 20.7 Å². The lowest BCUT2D eigenvalue weighted by Crippen LogP contribution is -2.50. The molecule has 1 aliphatic heterocycles. The average Bonchev–Trinajstić information content (AvgIpc) is 3.02. The average molecular weight is 345 g/mol. The van der Waals surface area contributed by atoms with Gasteiger partial charge in [-0.25, -0.2) is 4.79 Å². The number of hydrogen-bond acceptors (Lipinski definition) is 3. The van der Waals surface area contributed by atoms with Crippen LogP contribution in [0.5, 0.6) is 5.75 Å². The van der Waals surface area contributed by atoms with E-state index < -0.39 is 0 Å². The molecule has 2 aliphatic rings. The topological polar surface area (TPSA) is 84.7 Å². The second-order valence-electron chi connectivity index (χ2n) is 7.06. The molecule has 2 fully saturated rings. The summed E-state index contributed by atoms with van der Waals surface area (Å²) < 4.78 is 6.05. The number of carbonyl (C=O) groups excluding carboxylic acids is 2. The highest BCUT2D eigenvalue weighted by molar-refractivity contribution is 5.75. The van der Waals surface area contributed by atoms with Gasteiger partial charge in [0.25, 0.3) is 0 Å². The van der Waals surface area contributed by atoms with Crippen LogP contribution in [0.2, 0.25) is 0 Å². The van der Waals surface area contributed by atoms with Crippen LogP contribution in [-0.2, 0) is 4.79 Å². The van der Waals surface area contributed by atoms with Gasteiger partial charge in [0.1, 0.15) is 11.9 Å². The van der Waals surface area contributed by atoms with Crippen molar-refractivity contribution < 1.29 is 14.3 Å². The summed E-state index contributed by atoms with van der Waals surface area (Å²) in [5.41, 5.74) is 5.26. The standard InChI is InChI=1S/C19H27N3O3/c20-18(23)13-14-9-11-22(12-10-14)19(24)21-16-7-4-8-17(16)25-15-5-2-1-3-6-15/h1-3,5-6,14,16-17H,4,7-13H2,(H2,20,23)(H,21,24). The van der Waals surface area contributed by atoms with Gasteiger partial charge in [0.05, 0.1) is 6.04 Å². The highest BCUT2D eigenvalue weighted by atomic mass is 16.5. The van der Waals surface area contributed by atoms with Crippen LogP contribution in [0, 0.1) is 5.92 Å².